The first-order chi connectivity index (χ1) is 14.3. The number of hydrogen-bond acceptors (Lipinski definition) is 3. The third-order valence-corrected chi connectivity index (χ3v) is 5.78. The molecule has 4 heteroatoms. The maximum absolute atomic E-state index is 4.92. The Labute approximate surface area is 168 Å². The van der Waals surface area contributed by atoms with Crippen LogP contribution < -0.4 is 0 Å². The lowest BCUT2D eigenvalue weighted by Crippen LogP contribution is -2.00. The van der Waals surface area contributed by atoms with E-state index in [-0.39, 0.29) is 0 Å². The minimum Gasteiger partial charge on any atom is -0.291 e. The van der Waals surface area contributed by atoms with Gasteiger partial charge in [-0.1, -0.05) is 54.6 Å². The van der Waals surface area contributed by atoms with E-state index in [1.165, 1.54) is 27.8 Å². The SMILES string of the molecule is Cc1ccc(-c2nc3nnccc3n2-c2ccccc2)c2c1-c1ccccc1C2. The van der Waals surface area contributed by atoms with Gasteiger partial charge in [-0.25, -0.2) is 4.98 Å². The summed E-state index contributed by atoms with van der Waals surface area (Å²) in [6, 6.07) is 25.4. The summed E-state index contributed by atoms with van der Waals surface area (Å²) in [6.45, 7) is 2.19. The first-order valence-electron chi connectivity index (χ1n) is 9.78. The van der Waals surface area contributed by atoms with Gasteiger partial charge in [0.25, 0.3) is 0 Å². The standard InChI is InChI=1S/C25H18N4/c1-16-11-12-20(21-15-17-7-5-6-10-19(17)23(16)21)25-27-24-22(13-14-26-28-24)29(25)18-8-3-2-4-9-18/h2-14H,15H2,1H3. The molecule has 0 aliphatic heterocycles. The molecule has 0 amide bonds. The fourth-order valence-corrected chi connectivity index (χ4v) is 4.50. The second-order valence-electron chi connectivity index (χ2n) is 7.46. The van der Waals surface area contributed by atoms with Crippen molar-refractivity contribution in [1.82, 2.24) is 19.7 Å². The van der Waals surface area contributed by atoms with Gasteiger partial charge >= 0.3 is 0 Å². The summed E-state index contributed by atoms with van der Waals surface area (Å²) in [4.78, 5) is 4.92. The fraction of sp³-hybridized carbons (Fsp3) is 0.0800. The molecule has 1 aliphatic carbocycles. The Bertz CT molecular complexity index is 1380. The molecule has 138 valence electrons. The summed E-state index contributed by atoms with van der Waals surface area (Å²) < 4.78 is 2.19. The normalized spacial score (nSPS) is 12.2. The maximum Gasteiger partial charge on any atom is 0.200 e. The van der Waals surface area contributed by atoms with Crippen LogP contribution in [0.4, 0.5) is 0 Å². The first-order valence-corrected chi connectivity index (χ1v) is 9.78. The number of imidazole rings is 1. The number of rotatable bonds is 2. The quantitative estimate of drug-likeness (QED) is 0.410. The molecule has 0 unspecified atom stereocenters. The van der Waals surface area contributed by atoms with Crippen molar-refractivity contribution in [1.29, 1.82) is 0 Å². The van der Waals surface area contributed by atoms with Crippen molar-refractivity contribution >= 4 is 11.2 Å². The van der Waals surface area contributed by atoms with Gasteiger partial charge in [-0.15, -0.1) is 5.10 Å². The van der Waals surface area contributed by atoms with Crippen LogP contribution in [0.15, 0.2) is 79.0 Å². The highest BCUT2D eigenvalue weighted by molar-refractivity contribution is 5.88. The summed E-state index contributed by atoms with van der Waals surface area (Å²) in [7, 11) is 0. The van der Waals surface area contributed by atoms with Crippen LogP contribution in [0.2, 0.25) is 0 Å². The summed E-state index contributed by atoms with van der Waals surface area (Å²) in [5.74, 6) is 0.913. The molecule has 6 rings (SSSR count). The molecule has 0 N–H and O–H groups in total. The van der Waals surface area contributed by atoms with Crippen molar-refractivity contribution in [2.45, 2.75) is 13.3 Å². The van der Waals surface area contributed by atoms with Gasteiger partial charge in [0.1, 0.15) is 5.82 Å². The Morgan fingerprint density at radius 3 is 2.55 bits per heavy atom. The molecule has 5 aromatic rings. The predicted octanol–water partition coefficient (Wildman–Crippen LogP) is 5.36. The van der Waals surface area contributed by atoms with Crippen LogP contribution in [0.1, 0.15) is 16.7 Å². The van der Waals surface area contributed by atoms with Crippen molar-refractivity contribution in [3.63, 3.8) is 0 Å². The van der Waals surface area contributed by atoms with Crippen LogP contribution >= 0.6 is 0 Å². The summed E-state index contributed by atoms with van der Waals surface area (Å²) in [5.41, 5.74) is 10.6. The van der Waals surface area contributed by atoms with E-state index in [1.54, 1.807) is 6.20 Å². The Morgan fingerprint density at radius 1 is 0.828 bits per heavy atom. The van der Waals surface area contributed by atoms with Gasteiger partial charge in [-0.3, -0.25) is 4.57 Å². The van der Waals surface area contributed by atoms with Crippen molar-refractivity contribution < 1.29 is 0 Å². The Hall–Kier alpha value is -3.79. The molecule has 0 saturated carbocycles. The van der Waals surface area contributed by atoms with Crippen molar-refractivity contribution in [2.24, 2.45) is 0 Å². The number of aromatic nitrogens is 4. The number of fused-ring (bicyclic) bond motifs is 4. The van der Waals surface area contributed by atoms with Crippen molar-refractivity contribution in [2.75, 3.05) is 0 Å². The van der Waals surface area contributed by atoms with E-state index in [0.29, 0.717) is 5.65 Å². The lowest BCUT2D eigenvalue weighted by Gasteiger charge is -2.14. The molecule has 1 aliphatic rings. The van der Waals surface area contributed by atoms with E-state index in [9.17, 15) is 0 Å². The first kappa shape index (κ1) is 16.2. The van der Waals surface area contributed by atoms with Gasteiger partial charge in [0, 0.05) is 11.3 Å². The molecular weight excluding hydrogens is 356 g/mol. The van der Waals surface area contributed by atoms with E-state index < -0.39 is 0 Å². The largest absolute Gasteiger partial charge is 0.291 e. The molecule has 0 fully saturated rings. The average molecular weight is 374 g/mol. The molecule has 0 atom stereocenters. The Balaban J connectivity index is 1.68. The number of para-hydroxylation sites is 1. The number of aryl methyl sites for hydroxylation is 1. The lowest BCUT2D eigenvalue weighted by atomic mass is 9.96. The molecular formula is C25H18N4. The number of benzene rings is 3. The van der Waals surface area contributed by atoms with Crippen molar-refractivity contribution in [3.8, 4) is 28.2 Å². The zero-order chi connectivity index (χ0) is 19.4. The lowest BCUT2D eigenvalue weighted by molar-refractivity contribution is 1.06. The smallest absolute Gasteiger partial charge is 0.200 e. The van der Waals surface area contributed by atoms with Crippen LogP contribution in [-0.2, 0) is 6.42 Å². The molecule has 0 bridgehead atoms. The average Bonchev–Trinajstić information content (AvgIpc) is 3.34. The zero-order valence-corrected chi connectivity index (χ0v) is 16.0. The Kier molecular flexibility index (Phi) is 3.41. The molecule has 4 nitrogen and oxygen atoms in total. The van der Waals surface area contributed by atoms with E-state index in [0.717, 1.165) is 29.0 Å². The third kappa shape index (κ3) is 2.36. The van der Waals surface area contributed by atoms with Gasteiger partial charge in [0.2, 0.25) is 5.65 Å². The maximum atomic E-state index is 4.92. The minimum atomic E-state index is 0.663. The van der Waals surface area contributed by atoms with Crippen LogP contribution in [-0.4, -0.2) is 19.7 Å². The van der Waals surface area contributed by atoms with E-state index in [2.05, 4.69) is 82.4 Å². The Morgan fingerprint density at radius 2 is 1.66 bits per heavy atom. The van der Waals surface area contributed by atoms with Gasteiger partial charge in [-0.05, 0) is 59.4 Å². The highest BCUT2D eigenvalue weighted by Gasteiger charge is 2.26. The summed E-state index contributed by atoms with van der Waals surface area (Å²) in [6.07, 6.45) is 2.65. The number of hydrogen-bond donors (Lipinski definition) is 0. The molecule has 0 spiro atoms. The van der Waals surface area contributed by atoms with Crippen LogP contribution in [0.3, 0.4) is 0 Å². The highest BCUT2D eigenvalue weighted by atomic mass is 15.2. The number of nitrogens with zero attached hydrogens (tertiary/aromatic N) is 4. The topological polar surface area (TPSA) is 43.6 Å². The minimum absolute atomic E-state index is 0.663. The zero-order valence-electron chi connectivity index (χ0n) is 16.0. The molecule has 3 aromatic carbocycles. The molecule has 2 heterocycles. The predicted molar refractivity (Wildman–Crippen MR) is 115 cm³/mol. The van der Waals surface area contributed by atoms with Crippen LogP contribution in [0.25, 0.3) is 39.4 Å². The highest BCUT2D eigenvalue weighted by Crippen LogP contribution is 2.44. The summed E-state index contributed by atoms with van der Waals surface area (Å²) >= 11 is 0. The second kappa shape index (κ2) is 6.11. The molecule has 0 saturated heterocycles. The molecule has 2 aromatic heterocycles. The van der Waals surface area contributed by atoms with Crippen LogP contribution in [0.5, 0.6) is 0 Å². The van der Waals surface area contributed by atoms with Gasteiger partial charge in [0.05, 0.1) is 11.7 Å². The van der Waals surface area contributed by atoms with Crippen LogP contribution in [0, 0.1) is 6.92 Å². The molecule has 0 radical (unpaired) electrons. The third-order valence-electron chi connectivity index (χ3n) is 5.78. The summed E-state index contributed by atoms with van der Waals surface area (Å²) in [5, 5.41) is 8.33. The van der Waals surface area contributed by atoms with E-state index >= 15 is 0 Å². The second-order valence-corrected chi connectivity index (χ2v) is 7.46. The van der Waals surface area contributed by atoms with E-state index in [1.807, 2.05) is 12.1 Å². The monoisotopic (exact) mass is 374 g/mol. The molecule has 29 heavy (non-hydrogen) atoms. The van der Waals surface area contributed by atoms with E-state index in [4.69, 9.17) is 4.98 Å². The fourth-order valence-electron chi connectivity index (χ4n) is 4.50. The van der Waals surface area contributed by atoms with Crippen molar-refractivity contribution in [3.05, 3.63) is 95.7 Å². The van der Waals surface area contributed by atoms with Gasteiger partial charge in [-0.2, -0.15) is 5.10 Å². The van der Waals surface area contributed by atoms with Gasteiger partial charge < -0.3 is 0 Å². The van der Waals surface area contributed by atoms with Gasteiger partial charge in [0.15, 0.2) is 0 Å².